The van der Waals surface area contributed by atoms with Crippen molar-refractivity contribution >= 4 is 62.6 Å². The van der Waals surface area contributed by atoms with E-state index in [9.17, 15) is 28.8 Å². The Labute approximate surface area is 322 Å². The van der Waals surface area contributed by atoms with Gasteiger partial charge in [0.05, 0.1) is 56.4 Å². The summed E-state index contributed by atoms with van der Waals surface area (Å²) in [4.78, 5) is 55.0. The van der Waals surface area contributed by atoms with E-state index in [2.05, 4.69) is 52.5 Å². The van der Waals surface area contributed by atoms with Gasteiger partial charge in [0, 0.05) is 49.4 Å². The Morgan fingerprint density at radius 3 is 2.47 bits per heavy atom. The van der Waals surface area contributed by atoms with Crippen LogP contribution in [0.3, 0.4) is 0 Å². The minimum Gasteiger partial charge on any atom is -0.378 e. The maximum absolute atomic E-state index is 13.5. The van der Waals surface area contributed by atoms with Gasteiger partial charge in [-0.2, -0.15) is 0 Å². The lowest BCUT2D eigenvalue weighted by Crippen LogP contribution is -2.52. The molecule has 0 aliphatic carbocycles. The second kappa shape index (κ2) is 21.3. The fraction of sp³-hybridized carbons (Fsp3) is 0.441. The molecular formula is C34H41BrFN9O10. The van der Waals surface area contributed by atoms with Crippen molar-refractivity contribution in [2.75, 3.05) is 83.1 Å². The second-order valence-electron chi connectivity index (χ2n) is 12.0. The Hall–Kier alpha value is -4.90. The number of ether oxygens (including phenoxy) is 4. The molecule has 0 saturated carbocycles. The lowest BCUT2D eigenvalue weighted by Gasteiger charge is -2.29. The minimum atomic E-state index is -0.742. The zero-order valence-electron chi connectivity index (χ0n) is 29.6. The summed E-state index contributed by atoms with van der Waals surface area (Å²) in [7, 11) is 0. The number of rotatable bonds is 22. The third-order valence-electron chi connectivity index (χ3n) is 8.19. The molecule has 1 fully saturated rings. The van der Waals surface area contributed by atoms with Crippen LogP contribution in [0.5, 0.6) is 0 Å². The SMILES string of the molecule is O=C1CCC(N2Cc3c(NC(=O)COCCOCCOCCOCCNCCNc4nonc4C(=Nc4ccc(F)c(Br)c4)NO)cccc3C2=O)C(=O)N1. The van der Waals surface area contributed by atoms with E-state index in [1.54, 1.807) is 18.2 Å². The molecule has 5 rings (SSSR count). The van der Waals surface area contributed by atoms with Gasteiger partial charge in [0.1, 0.15) is 18.5 Å². The van der Waals surface area contributed by atoms with E-state index in [1.807, 2.05) is 5.48 Å². The summed E-state index contributed by atoms with van der Waals surface area (Å²) in [5.41, 5.74) is 3.94. The third-order valence-corrected chi connectivity index (χ3v) is 8.79. The summed E-state index contributed by atoms with van der Waals surface area (Å²) in [5.74, 6) is -1.81. The number of amidine groups is 1. The first kappa shape index (κ1) is 41.3. The molecule has 19 nitrogen and oxygen atoms in total. The van der Waals surface area contributed by atoms with Crippen LogP contribution in [0.15, 0.2) is 50.5 Å². The lowest BCUT2D eigenvalue weighted by molar-refractivity contribution is -0.137. The first-order chi connectivity index (χ1) is 26.7. The van der Waals surface area contributed by atoms with Gasteiger partial charge in [-0.15, -0.1) is 0 Å². The summed E-state index contributed by atoms with van der Waals surface area (Å²) in [5, 5.41) is 28.4. The van der Waals surface area contributed by atoms with Crippen LogP contribution in [0.2, 0.25) is 0 Å². The largest absolute Gasteiger partial charge is 0.378 e. The van der Waals surface area contributed by atoms with Crippen LogP contribution >= 0.6 is 15.9 Å². The molecule has 6 N–H and O–H groups in total. The highest BCUT2D eigenvalue weighted by Crippen LogP contribution is 2.32. The first-order valence-electron chi connectivity index (χ1n) is 17.3. The monoisotopic (exact) mass is 833 g/mol. The number of aromatic nitrogens is 2. The van der Waals surface area contributed by atoms with E-state index in [1.165, 1.54) is 23.1 Å². The topological polar surface area (TPSA) is 240 Å². The van der Waals surface area contributed by atoms with Gasteiger partial charge in [0.15, 0.2) is 11.5 Å². The Bertz CT molecular complexity index is 1830. The number of carbonyl (C=O) groups is 4. The number of halogens is 2. The van der Waals surface area contributed by atoms with Crippen molar-refractivity contribution in [3.8, 4) is 0 Å². The van der Waals surface area contributed by atoms with Crippen molar-refractivity contribution in [3.05, 3.63) is 63.5 Å². The molecule has 3 aromatic rings. The molecule has 2 aliphatic heterocycles. The van der Waals surface area contributed by atoms with Crippen molar-refractivity contribution in [2.45, 2.75) is 25.4 Å². The predicted octanol–water partition coefficient (Wildman–Crippen LogP) is 1.50. The molecule has 1 saturated heterocycles. The smallest absolute Gasteiger partial charge is 0.255 e. The number of benzene rings is 2. The highest BCUT2D eigenvalue weighted by Gasteiger charge is 2.40. The molecule has 296 valence electrons. The Kier molecular flexibility index (Phi) is 16.0. The molecule has 0 spiro atoms. The molecule has 4 amide bonds. The molecule has 55 heavy (non-hydrogen) atoms. The number of carbonyl (C=O) groups excluding carboxylic acids is 4. The van der Waals surface area contributed by atoms with Crippen LogP contribution in [0.1, 0.15) is 34.5 Å². The molecule has 0 radical (unpaired) electrons. The van der Waals surface area contributed by atoms with E-state index in [0.717, 1.165) is 0 Å². The molecule has 2 aliphatic rings. The fourth-order valence-electron chi connectivity index (χ4n) is 5.53. The molecule has 3 heterocycles. The molecule has 21 heteroatoms. The predicted molar refractivity (Wildman–Crippen MR) is 195 cm³/mol. The first-order valence-corrected chi connectivity index (χ1v) is 18.1. The fourth-order valence-corrected chi connectivity index (χ4v) is 5.89. The van der Waals surface area contributed by atoms with Crippen LogP contribution < -0.4 is 26.7 Å². The lowest BCUT2D eigenvalue weighted by atomic mass is 10.0. The number of imide groups is 1. The standard InChI is InChI=1S/C34H41BrFN9O10/c35-24-18-21(4-5-25(24)36)39-32(42-50)30-31(44-55-43-30)38-9-8-37-10-11-51-12-13-52-14-15-53-16-17-54-20-29(47)40-26-3-1-2-22-23(26)19-45(34(22)49)27-6-7-28(46)41-33(27)48/h1-5,18,27,37,50H,6-17,19-20H2,(H,38,44)(H,39,42)(H,40,47)(H,41,46,48). The van der Waals surface area contributed by atoms with E-state index in [0.29, 0.717) is 75.2 Å². The number of amides is 4. The summed E-state index contributed by atoms with van der Waals surface area (Å²) in [6.07, 6.45) is 0.411. The summed E-state index contributed by atoms with van der Waals surface area (Å²) < 4.78 is 40.4. The Morgan fingerprint density at radius 2 is 1.75 bits per heavy atom. The van der Waals surface area contributed by atoms with Gasteiger partial charge in [-0.05, 0) is 63.0 Å². The summed E-state index contributed by atoms with van der Waals surface area (Å²) >= 11 is 3.09. The van der Waals surface area contributed by atoms with Crippen LogP contribution in [-0.2, 0) is 39.9 Å². The number of hydrogen-bond acceptors (Lipinski definition) is 15. The van der Waals surface area contributed by atoms with Crippen molar-refractivity contribution < 1.29 is 52.4 Å². The molecule has 1 unspecified atom stereocenters. The van der Waals surface area contributed by atoms with E-state index >= 15 is 0 Å². The van der Waals surface area contributed by atoms with Gasteiger partial charge in [-0.1, -0.05) is 6.07 Å². The molecular weight excluding hydrogens is 793 g/mol. The normalized spacial score (nSPS) is 15.6. The van der Waals surface area contributed by atoms with Crippen molar-refractivity contribution in [1.29, 1.82) is 0 Å². The maximum Gasteiger partial charge on any atom is 0.255 e. The zero-order chi connectivity index (χ0) is 39.0. The third kappa shape index (κ3) is 12.0. The number of anilines is 2. The van der Waals surface area contributed by atoms with Crippen molar-refractivity contribution in [2.24, 2.45) is 4.99 Å². The highest BCUT2D eigenvalue weighted by atomic mass is 79.9. The van der Waals surface area contributed by atoms with E-state index in [-0.39, 0.29) is 72.8 Å². The van der Waals surface area contributed by atoms with E-state index in [4.69, 9.17) is 23.6 Å². The minimum absolute atomic E-state index is 0.0397. The highest BCUT2D eigenvalue weighted by molar-refractivity contribution is 9.10. The number of fused-ring (bicyclic) bond motifs is 1. The average Bonchev–Trinajstić information content (AvgIpc) is 3.77. The van der Waals surface area contributed by atoms with Crippen molar-refractivity contribution in [1.82, 2.24) is 31.3 Å². The Morgan fingerprint density at radius 1 is 1.00 bits per heavy atom. The van der Waals surface area contributed by atoms with Crippen LogP contribution in [0, 0.1) is 5.82 Å². The van der Waals surface area contributed by atoms with E-state index < -0.39 is 23.7 Å². The maximum atomic E-state index is 13.5. The summed E-state index contributed by atoms with van der Waals surface area (Å²) in [6.45, 7) is 3.95. The number of nitrogens with one attached hydrogen (secondary N) is 5. The summed E-state index contributed by atoms with van der Waals surface area (Å²) in [6, 6.07) is 8.36. The van der Waals surface area contributed by atoms with Crippen LogP contribution in [0.4, 0.5) is 21.6 Å². The zero-order valence-corrected chi connectivity index (χ0v) is 31.2. The van der Waals surface area contributed by atoms with Gasteiger partial charge in [-0.25, -0.2) is 14.0 Å². The molecule has 2 aromatic carbocycles. The number of aliphatic imine (C=N–C) groups is 1. The molecule has 1 atom stereocenters. The Balaban J connectivity index is 0.841. The average molecular weight is 835 g/mol. The van der Waals surface area contributed by atoms with Gasteiger partial charge in [0.25, 0.3) is 5.91 Å². The van der Waals surface area contributed by atoms with Crippen LogP contribution in [-0.4, -0.2) is 128 Å². The van der Waals surface area contributed by atoms with Gasteiger partial charge in [0.2, 0.25) is 23.5 Å². The molecule has 1 aromatic heterocycles. The van der Waals surface area contributed by atoms with Crippen LogP contribution in [0.25, 0.3) is 0 Å². The van der Waals surface area contributed by atoms with Crippen molar-refractivity contribution in [3.63, 3.8) is 0 Å². The second-order valence-corrected chi connectivity index (χ2v) is 12.8. The molecule has 0 bridgehead atoms. The van der Waals surface area contributed by atoms with Gasteiger partial charge in [-0.3, -0.25) is 35.2 Å². The number of nitrogens with zero attached hydrogens (tertiary/aromatic N) is 4. The number of hydroxylamine groups is 1. The number of piperidine rings is 1. The van der Waals surface area contributed by atoms with Gasteiger partial charge < -0.3 is 39.8 Å². The quantitative estimate of drug-likeness (QED) is 0.0277. The number of hydrogen-bond donors (Lipinski definition) is 6. The van der Waals surface area contributed by atoms with Gasteiger partial charge >= 0.3 is 0 Å².